The molecule has 1 aromatic rings. The summed E-state index contributed by atoms with van der Waals surface area (Å²) in [4.78, 5) is 0. The van der Waals surface area contributed by atoms with E-state index < -0.39 is 0 Å². The van der Waals surface area contributed by atoms with Crippen LogP contribution >= 0.6 is 0 Å². The summed E-state index contributed by atoms with van der Waals surface area (Å²) in [5.41, 5.74) is 14.1. The Bertz CT molecular complexity index is 455. The lowest BCUT2D eigenvalue weighted by Gasteiger charge is -2.12. The van der Waals surface area contributed by atoms with Gasteiger partial charge in [0.15, 0.2) is 0 Å². The zero-order valence-corrected chi connectivity index (χ0v) is 9.89. The minimum Gasteiger partial charge on any atom is -0.397 e. The molecule has 0 radical (unpaired) electrons. The van der Waals surface area contributed by atoms with Crippen LogP contribution in [-0.4, -0.2) is 6.04 Å². The van der Waals surface area contributed by atoms with E-state index in [0.29, 0.717) is 17.4 Å². The van der Waals surface area contributed by atoms with Gasteiger partial charge < -0.3 is 16.8 Å². The average molecular weight is 229 g/mol. The van der Waals surface area contributed by atoms with Gasteiger partial charge in [0.1, 0.15) is 0 Å². The topological polar surface area (TPSA) is 64.1 Å². The average Bonchev–Trinajstić information content (AvgIpc) is 2.73. The van der Waals surface area contributed by atoms with E-state index >= 15 is 0 Å². The highest BCUT2D eigenvalue weighted by Crippen LogP contribution is 2.66. The smallest absolute Gasteiger partial charge is 0.0568 e. The van der Waals surface area contributed by atoms with Gasteiger partial charge in [-0.2, -0.15) is 0 Å². The summed E-state index contributed by atoms with van der Waals surface area (Å²) in [6.45, 7) is 0. The SMILES string of the molecule is Nc1ccc(NC2C3C4CCC(C4)C23)cc1N. The van der Waals surface area contributed by atoms with Crippen molar-refractivity contribution >= 4 is 17.1 Å². The van der Waals surface area contributed by atoms with E-state index in [2.05, 4.69) is 5.32 Å². The molecule has 4 unspecified atom stereocenters. The zero-order chi connectivity index (χ0) is 11.6. The largest absolute Gasteiger partial charge is 0.397 e. The minimum atomic E-state index is 0.673. The Labute approximate surface area is 102 Å². The Hall–Kier alpha value is -1.38. The van der Waals surface area contributed by atoms with Crippen molar-refractivity contribution in [2.75, 3.05) is 16.8 Å². The fourth-order valence-corrected chi connectivity index (χ4v) is 4.38. The molecule has 3 aliphatic rings. The molecule has 4 atom stereocenters. The number of hydrogen-bond acceptors (Lipinski definition) is 3. The molecule has 0 aromatic heterocycles. The fourth-order valence-electron chi connectivity index (χ4n) is 4.38. The van der Waals surface area contributed by atoms with E-state index in [1.54, 1.807) is 0 Å². The summed E-state index contributed by atoms with van der Waals surface area (Å²) in [5, 5.41) is 3.65. The molecule has 1 aromatic carbocycles. The molecule has 17 heavy (non-hydrogen) atoms. The molecule has 0 spiro atoms. The van der Waals surface area contributed by atoms with E-state index in [1.807, 2.05) is 18.2 Å². The molecule has 2 bridgehead atoms. The van der Waals surface area contributed by atoms with Gasteiger partial charge in [0.05, 0.1) is 11.4 Å². The Morgan fingerprint density at radius 1 is 1.00 bits per heavy atom. The van der Waals surface area contributed by atoms with Crippen LogP contribution < -0.4 is 16.8 Å². The standard InChI is InChI=1S/C14H19N3/c15-10-4-3-9(6-11(10)16)17-14-12-7-1-2-8(5-7)13(12)14/h3-4,6-8,12-14,17H,1-2,5,15-16H2. The number of hydrogen-bond donors (Lipinski definition) is 3. The number of nitrogens with two attached hydrogens (primary N) is 2. The van der Waals surface area contributed by atoms with Crippen LogP contribution in [0.3, 0.4) is 0 Å². The molecule has 0 heterocycles. The highest BCUT2D eigenvalue weighted by molar-refractivity contribution is 5.69. The number of rotatable bonds is 2. The summed E-state index contributed by atoms with van der Waals surface area (Å²) in [7, 11) is 0. The van der Waals surface area contributed by atoms with Crippen LogP contribution in [0.5, 0.6) is 0 Å². The maximum atomic E-state index is 5.83. The van der Waals surface area contributed by atoms with Crippen molar-refractivity contribution in [1.29, 1.82) is 0 Å². The van der Waals surface area contributed by atoms with Gasteiger partial charge in [0.25, 0.3) is 0 Å². The minimum absolute atomic E-state index is 0.673. The second-order valence-corrected chi connectivity index (χ2v) is 6.00. The lowest BCUT2D eigenvalue weighted by molar-refractivity contribution is 0.456. The monoisotopic (exact) mass is 229 g/mol. The molecule has 3 saturated carbocycles. The van der Waals surface area contributed by atoms with Crippen molar-refractivity contribution in [3.05, 3.63) is 18.2 Å². The Morgan fingerprint density at radius 2 is 1.71 bits per heavy atom. The maximum Gasteiger partial charge on any atom is 0.0568 e. The first kappa shape index (κ1) is 9.63. The zero-order valence-electron chi connectivity index (χ0n) is 9.89. The molecule has 0 saturated heterocycles. The first-order valence-corrected chi connectivity index (χ1v) is 6.65. The molecular weight excluding hydrogens is 210 g/mol. The van der Waals surface area contributed by atoms with Crippen LogP contribution in [0, 0.1) is 23.7 Å². The Balaban J connectivity index is 1.51. The van der Waals surface area contributed by atoms with E-state index in [0.717, 1.165) is 29.4 Å². The van der Waals surface area contributed by atoms with Crippen molar-refractivity contribution in [3.63, 3.8) is 0 Å². The molecule has 5 N–H and O–H groups in total. The van der Waals surface area contributed by atoms with E-state index in [-0.39, 0.29) is 0 Å². The first-order valence-electron chi connectivity index (χ1n) is 6.65. The second-order valence-electron chi connectivity index (χ2n) is 6.00. The molecule has 3 fully saturated rings. The third kappa shape index (κ3) is 1.28. The third-order valence-electron chi connectivity index (χ3n) is 5.16. The molecule has 3 aliphatic carbocycles. The van der Waals surface area contributed by atoms with Crippen molar-refractivity contribution in [2.45, 2.75) is 25.3 Å². The van der Waals surface area contributed by atoms with Gasteiger partial charge in [-0.25, -0.2) is 0 Å². The van der Waals surface area contributed by atoms with Crippen LogP contribution in [0.1, 0.15) is 19.3 Å². The Kier molecular flexibility index (Phi) is 1.75. The highest BCUT2D eigenvalue weighted by atomic mass is 15.0. The van der Waals surface area contributed by atoms with E-state index in [1.165, 1.54) is 19.3 Å². The molecule has 3 nitrogen and oxygen atoms in total. The van der Waals surface area contributed by atoms with Crippen LogP contribution in [0.4, 0.5) is 17.1 Å². The van der Waals surface area contributed by atoms with E-state index in [4.69, 9.17) is 11.5 Å². The number of fused-ring (bicyclic) bond motifs is 5. The number of nitrogens with one attached hydrogen (secondary N) is 1. The number of nitrogen functional groups attached to an aromatic ring is 2. The lowest BCUT2D eigenvalue weighted by Crippen LogP contribution is -2.12. The predicted molar refractivity (Wildman–Crippen MR) is 70.5 cm³/mol. The van der Waals surface area contributed by atoms with Crippen molar-refractivity contribution in [2.24, 2.45) is 23.7 Å². The van der Waals surface area contributed by atoms with Crippen molar-refractivity contribution in [3.8, 4) is 0 Å². The van der Waals surface area contributed by atoms with Crippen LogP contribution in [0.25, 0.3) is 0 Å². The normalized spacial score (nSPS) is 41.3. The van der Waals surface area contributed by atoms with Gasteiger partial charge in [-0.15, -0.1) is 0 Å². The summed E-state index contributed by atoms with van der Waals surface area (Å²) >= 11 is 0. The van der Waals surface area contributed by atoms with Gasteiger partial charge in [-0.3, -0.25) is 0 Å². The second kappa shape index (κ2) is 3.09. The first-order chi connectivity index (χ1) is 8.24. The summed E-state index contributed by atoms with van der Waals surface area (Å²) in [5.74, 6) is 3.92. The van der Waals surface area contributed by atoms with Crippen LogP contribution in [0.2, 0.25) is 0 Å². The molecular formula is C14H19N3. The quantitative estimate of drug-likeness (QED) is 0.682. The molecule has 0 aliphatic heterocycles. The molecule has 0 amide bonds. The van der Waals surface area contributed by atoms with Crippen LogP contribution in [0.15, 0.2) is 18.2 Å². The van der Waals surface area contributed by atoms with Gasteiger partial charge in [-0.05, 0) is 61.1 Å². The number of benzene rings is 1. The molecule has 3 heteroatoms. The van der Waals surface area contributed by atoms with E-state index in [9.17, 15) is 0 Å². The van der Waals surface area contributed by atoms with Crippen LogP contribution in [-0.2, 0) is 0 Å². The molecule has 4 rings (SSSR count). The van der Waals surface area contributed by atoms with Gasteiger partial charge >= 0.3 is 0 Å². The highest BCUT2D eigenvalue weighted by Gasteiger charge is 2.64. The van der Waals surface area contributed by atoms with Gasteiger partial charge in [0, 0.05) is 11.7 Å². The maximum absolute atomic E-state index is 5.83. The summed E-state index contributed by atoms with van der Waals surface area (Å²) in [6, 6.07) is 6.61. The summed E-state index contributed by atoms with van der Waals surface area (Å²) < 4.78 is 0. The summed E-state index contributed by atoms with van der Waals surface area (Å²) in [6.07, 6.45) is 4.43. The lowest BCUT2D eigenvalue weighted by atomic mass is 10.0. The van der Waals surface area contributed by atoms with Gasteiger partial charge in [-0.1, -0.05) is 0 Å². The fraction of sp³-hybridized carbons (Fsp3) is 0.571. The molecule has 90 valence electrons. The predicted octanol–water partition coefficient (Wildman–Crippen LogP) is 2.31. The third-order valence-corrected chi connectivity index (χ3v) is 5.16. The van der Waals surface area contributed by atoms with Crippen molar-refractivity contribution < 1.29 is 0 Å². The van der Waals surface area contributed by atoms with Gasteiger partial charge in [0.2, 0.25) is 0 Å². The number of anilines is 3. The van der Waals surface area contributed by atoms with Crippen molar-refractivity contribution in [1.82, 2.24) is 0 Å². The Morgan fingerprint density at radius 3 is 2.35 bits per heavy atom.